The van der Waals surface area contributed by atoms with E-state index in [0.29, 0.717) is 6.07 Å². The molecule has 0 aliphatic rings. The molecule has 0 bridgehead atoms. The molecule has 0 atom stereocenters. The van der Waals surface area contributed by atoms with Crippen LogP contribution < -0.4 is 20.1 Å². The van der Waals surface area contributed by atoms with Gasteiger partial charge in [0.2, 0.25) is 5.95 Å². The lowest BCUT2D eigenvalue weighted by atomic mass is 10.3. The summed E-state index contributed by atoms with van der Waals surface area (Å²) in [4.78, 5) is 6.66. The number of hydrogen-bond acceptors (Lipinski definition) is 7. The van der Waals surface area contributed by atoms with Crippen LogP contribution in [0.3, 0.4) is 0 Å². The zero-order chi connectivity index (χ0) is 29.1. The van der Waals surface area contributed by atoms with E-state index in [1.807, 2.05) is 0 Å². The van der Waals surface area contributed by atoms with Crippen molar-refractivity contribution in [1.82, 2.24) is 9.97 Å². The van der Waals surface area contributed by atoms with Gasteiger partial charge in [-0.25, -0.2) is 17.8 Å². The predicted molar refractivity (Wildman–Crippen MR) is 130 cm³/mol. The van der Waals surface area contributed by atoms with Gasteiger partial charge >= 0.3 is 12.5 Å². The Bertz CT molecular complexity index is 1600. The first-order chi connectivity index (χ1) is 18.7. The van der Waals surface area contributed by atoms with Gasteiger partial charge in [0.1, 0.15) is 22.3 Å². The van der Waals surface area contributed by atoms with Crippen LogP contribution in [0.4, 0.5) is 59.6 Å². The van der Waals surface area contributed by atoms with Crippen molar-refractivity contribution in [2.75, 3.05) is 15.4 Å². The van der Waals surface area contributed by atoms with Crippen molar-refractivity contribution in [1.29, 1.82) is 0 Å². The largest absolute Gasteiger partial charge is 0.573 e. The standard InChI is InChI=1S/C24H16F7N5O3S/c25-14-5-7-15(8-6-14)32-21-13-20(23(26,27)28)34-22(35-21)33-16-9-11-17(12-10-16)36-40(37,38)19-4-2-1-3-18(19)39-24(29,30)31/h1-13,36H,(H2,32,33,34,35). The van der Waals surface area contributed by atoms with Gasteiger partial charge in [0, 0.05) is 23.1 Å². The number of hydrogen-bond donors (Lipinski definition) is 3. The minimum atomic E-state index is -5.13. The molecule has 0 amide bonds. The highest BCUT2D eigenvalue weighted by Crippen LogP contribution is 2.32. The van der Waals surface area contributed by atoms with Crippen LogP contribution >= 0.6 is 0 Å². The zero-order valence-electron chi connectivity index (χ0n) is 19.7. The third kappa shape index (κ3) is 7.49. The molecule has 3 N–H and O–H groups in total. The molecule has 8 nitrogen and oxygen atoms in total. The third-order valence-electron chi connectivity index (χ3n) is 4.89. The summed E-state index contributed by atoms with van der Waals surface area (Å²) in [5.41, 5.74) is -0.941. The number of alkyl halides is 6. The lowest BCUT2D eigenvalue weighted by Gasteiger charge is -2.15. The molecule has 4 aromatic rings. The lowest BCUT2D eigenvalue weighted by Crippen LogP contribution is -2.20. The molecular weight excluding hydrogens is 571 g/mol. The topological polar surface area (TPSA) is 105 Å². The Morgan fingerprint density at radius 1 is 0.725 bits per heavy atom. The highest BCUT2D eigenvalue weighted by Gasteiger charge is 2.35. The molecule has 1 aromatic heterocycles. The molecule has 0 aliphatic carbocycles. The van der Waals surface area contributed by atoms with Gasteiger partial charge in [-0.1, -0.05) is 12.1 Å². The maximum atomic E-state index is 13.4. The monoisotopic (exact) mass is 587 g/mol. The van der Waals surface area contributed by atoms with E-state index in [1.54, 1.807) is 0 Å². The first-order valence-electron chi connectivity index (χ1n) is 10.9. The summed E-state index contributed by atoms with van der Waals surface area (Å²) in [5.74, 6) is -2.20. The van der Waals surface area contributed by atoms with Gasteiger partial charge in [-0.05, 0) is 60.7 Å². The summed E-state index contributed by atoms with van der Waals surface area (Å²) >= 11 is 0. The van der Waals surface area contributed by atoms with E-state index in [2.05, 4.69) is 30.1 Å². The van der Waals surface area contributed by atoms with Gasteiger partial charge in [-0.3, -0.25) is 4.72 Å². The molecule has 0 saturated heterocycles. The maximum Gasteiger partial charge on any atom is 0.573 e. The van der Waals surface area contributed by atoms with E-state index in [-0.39, 0.29) is 22.9 Å². The number of aromatic nitrogens is 2. The molecule has 3 aromatic carbocycles. The average Bonchev–Trinajstić information content (AvgIpc) is 2.85. The Balaban J connectivity index is 1.54. The van der Waals surface area contributed by atoms with Crippen LogP contribution in [0.1, 0.15) is 5.69 Å². The number of nitrogens with one attached hydrogen (secondary N) is 3. The summed E-state index contributed by atoms with van der Waals surface area (Å²) < 4.78 is 123. The second-order valence-corrected chi connectivity index (χ2v) is 9.54. The first-order valence-corrected chi connectivity index (χ1v) is 12.4. The quantitative estimate of drug-likeness (QED) is 0.194. The minimum Gasteiger partial charge on any atom is -0.404 e. The van der Waals surface area contributed by atoms with E-state index in [1.165, 1.54) is 42.5 Å². The highest BCUT2D eigenvalue weighted by atomic mass is 32.2. The summed E-state index contributed by atoms with van der Waals surface area (Å²) in [5, 5.41) is 5.19. The molecule has 0 spiro atoms. The number of para-hydroxylation sites is 1. The van der Waals surface area contributed by atoms with Crippen LogP contribution in [0.2, 0.25) is 0 Å². The summed E-state index contributed by atoms with van der Waals surface area (Å²) in [7, 11) is -4.53. The summed E-state index contributed by atoms with van der Waals surface area (Å²) in [6, 6.07) is 14.5. The van der Waals surface area contributed by atoms with Crippen LogP contribution in [0.25, 0.3) is 0 Å². The van der Waals surface area contributed by atoms with Crippen LogP contribution in [0.5, 0.6) is 5.75 Å². The molecule has 4 rings (SSSR count). The van der Waals surface area contributed by atoms with Crippen LogP contribution in [0.15, 0.2) is 83.8 Å². The van der Waals surface area contributed by atoms with Crippen molar-refractivity contribution in [2.45, 2.75) is 17.4 Å². The van der Waals surface area contributed by atoms with Crippen LogP contribution in [-0.2, 0) is 16.2 Å². The fourth-order valence-corrected chi connectivity index (χ4v) is 4.42. The van der Waals surface area contributed by atoms with E-state index < -0.39 is 50.7 Å². The lowest BCUT2D eigenvalue weighted by molar-refractivity contribution is -0.275. The Morgan fingerprint density at radius 2 is 1.30 bits per heavy atom. The molecule has 0 radical (unpaired) electrons. The Morgan fingerprint density at radius 3 is 1.93 bits per heavy atom. The summed E-state index contributed by atoms with van der Waals surface area (Å²) in [6.45, 7) is 0. The fraction of sp³-hybridized carbons (Fsp3) is 0.0833. The van der Waals surface area contributed by atoms with Gasteiger partial charge < -0.3 is 15.4 Å². The smallest absolute Gasteiger partial charge is 0.404 e. The van der Waals surface area contributed by atoms with Gasteiger partial charge in [-0.2, -0.15) is 18.2 Å². The second kappa shape index (κ2) is 10.9. The number of nitrogens with zero attached hydrogens (tertiary/aromatic N) is 2. The number of rotatable bonds is 8. The number of sulfonamides is 1. The minimum absolute atomic E-state index is 0.0732. The zero-order valence-corrected chi connectivity index (χ0v) is 20.5. The van der Waals surface area contributed by atoms with Gasteiger partial charge in [0.15, 0.2) is 5.69 Å². The molecule has 0 unspecified atom stereocenters. The van der Waals surface area contributed by atoms with Crippen LogP contribution in [-0.4, -0.2) is 24.7 Å². The molecule has 210 valence electrons. The second-order valence-electron chi connectivity index (χ2n) is 7.89. The van der Waals surface area contributed by atoms with Crippen molar-refractivity contribution >= 4 is 38.9 Å². The first kappa shape index (κ1) is 28.4. The average molecular weight is 587 g/mol. The maximum absolute atomic E-state index is 13.4. The number of halogens is 7. The third-order valence-corrected chi connectivity index (χ3v) is 6.31. The Hall–Kier alpha value is -4.60. The number of ether oxygens (including phenoxy) is 1. The Labute approximate surface area is 221 Å². The molecular formula is C24H16F7N5O3S. The number of benzene rings is 3. The van der Waals surface area contributed by atoms with Gasteiger partial charge in [0.05, 0.1) is 0 Å². The Kier molecular flexibility index (Phi) is 7.72. The predicted octanol–water partition coefficient (Wildman–Crippen LogP) is 6.82. The van der Waals surface area contributed by atoms with Crippen molar-refractivity contribution in [3.05, 3.63) is 90.4 Å². The fourth-order valence-electron chi connectivity index (χ4n) is 3.24. The number of anilines is 5. The normalized spacial score (nSPS) is 12.1. The van der Waals surface area contributed by atoms with Gasteiger partial charge in [-0.15, -0.1) is 13.2 Å². The van der Waals surface area contributed by atoms with Crippen molar-refractivity contribution < 1.29 is 43.9 Å². The molecule has 0 aliphatic heterocycles. The van der Waals surface area contributed by atoms with E-state index in [4.69, 9.17) is 0 Å². The summed E-state index contributed by atoms with van der Waals surface area (Å²) in [6.07, 6.45) is -9.95. The molecule has 16 heteroatoms. The van der Waals surface area contributed by atoms with Crippen molar-refractivity contribution in [3.63, 3.8) is 0 Å². The molecule has 40 heavy (non-hydrogen) atoms. The van der Waals surface area contributed by atoms with Crippen LogP contribution in [0, 0.1) is 5.82 Å². The highest BCUT2D eigenvalue weighted by molar-refractivity contribution is 7.92. The molecule has 0 saturated carbocycles. The van der Waals surface area contributed by atoms with E-state index in [0.717, 1.165) is 30.3 Å². The molecule has 1 heterocycles. The van der Waals surface area contributed by atoms with Gasteiger partial charge in [0.25, 0.3) is 10.0 Å². The molecule has 0 fully saturated rings. The van der Waals surface area contributed by atoms with E-state index in [9.17, 15) is 39.2 Å². The van der Waals surface area contributed by atoms with Crippen molar-refractivity contribution in [3.8, 4) is 5.75 Å². The van der Waals surface area contributed by atoms with Crippen molar-refractivity contribution in [2.24, 2.45) is 0 Å². The SMILES string of the molecule is O=S(=O)(Nc1ccc(Nc2nc(Nc3ccc(F)cc3)cc(C(F)(F)F)n2)cc1)c1ccccc1OC(F)(F)F. The van der Waals surface area contributed by atoms with E-state index >= 15 is 0 Å².